The summed E-state index contributed by atoms with van der Waals surface area (Å²) in [7, 11) is 3.94. The van der Waals surface area contributed by atoms with Gasteiger partial charge < -0.3 is 4.90 Å². The molecule has 1 aliphatic heterocycles. The zero-order chi connectivity index (χ0) is 10.8. The van der Waals surface area contributed by atoms with E-state index in [0.717, 1.165) is 15.5 Å². The molecule has 0 aromatic heterocycles. The van der Waals surface area contributed by atoms with Crippen LogP contribution in [0.15, 0.2) is 45.3 Å². The second-order valence-electron chi connectivity index (χ2n) is 3.43. The van der Waals surface area contributed by atoms with Crippen LogP contribution in [0.4, 0.5) is 5.69 Å². The Morgan fingerprint density at radius 3 is 2.80 bits per heavy atom. The molecule has 0 bridgehead atoms. The van der Waals surface area contributed by atoms with Crippen molar-refractivity contribution in [1.82, 2.24) is 4.90 Å². The monoisotopic (exact) mass is 238 g/mol. The number of nitrogens with zero attached hydrogens (tertiary/aromatic N) is 2. The van der Waals surface area contributed by atoms with Crippen LogP contribution in [0.3, 0.4) is 0 Å². The van der Waals surface area contributed by atoms with Crippen molar-refractivity contribution in [3.05, 3.63) is 35.4 Å². The van der Waals surface area contributed by atoms with Gasteiger partial charge in [0.25, 0.3) is 0 Å². The van der Waals surface area contributed by atoms with Crippen molar-refractivity contribution in [3.63, 3.8) is 0 Å². The minimum Gasteiger partial charge on any atom is -0.382 e. The molecule has 2 nitrogen and oxygen atoms in total. The van der Waals surface area contributed by atoms with E-state index in [1.54, 1.807) is 11.8 Å². The van der Waals surface area contributed by atoms with Crippen molar-refractivity contribution < 1.29 is 0 Å². The first-order valence-electron chi connectivity index (χ1n) is 4.56. The molecule has 0 fully saturated rings. The maximum Gasteiger partial charge on any atom is 0.145 e. The lowest BCUT2D eigenvalue weighted by Crippen LogP contribution is -2.06. The highest BCUT2D eigenvalue weighted by atomic mass is 35.5. The predicted molar refractivity (Wildman–Crippen MR) is 67.0 cm³/mol. The molecule has 78 valence electrons. The number of hydrogen-bond acceptors (Lipinski definition) is 3. The van der Waals surface area contributed by atoms with Crippen LogP contribution in [-0.2, 0) is 0 Å². The van der Waals surface area contributed by atoms with Gasteiger partial charge in [-0.05, 0) is 12.1 Å². The van der Waals surface area contributed by atoms with Gasteiger partial charge in [-0.2, -0.15) is 0 Å². The first-order valence-corrected chi connectivity index (χ1v) is 5.76. The summed E-state index contributed by atoms with van der Waals surface area (Å²) in [5.74, 6) is 0. The number of para-hydroxylation sites is 1. The fraction of sp³-hybridized carbons (Fsp3) is 0.182. The highest BCUT2D eigenvalue weighted by molar-refractivity contribution is 8.04. The number of thioether (sulfide) groups is 1. The van der Waals surface area contributed by atoms with Crippen molar-refractivity contribution in [1.29, 1.82) is 0 Å². The highest BCUT2D eigenvalue weighted by Gasteiger charge is 2.15. The third kappa shape index (κ3) is 2.36. The van der Waals surface area contributed by atoms with E-state index in [4.69, 9.17) is 11.6 Å². The maximum absolute atomic E-state index is 6.09. The average Bonchev–Trinajstić information content (AvgIpc) is 2.18. The van der Waals surface area contributed by atoms with Gasteiger partial charge in [0.2, 0.25) is 0 Å². The van der Waals surface area contributed by atoms with Crippen LogP contribution in [0.2, 0.25) is 0 Å². The number of rotatable bonds is 1. The van der Waals surface area contributed by atoms with Crippen LogP contribution < -0.4 is 0 Å². The van der Waals surface area contributed by atoms with Gasteiger partial charge in [0.15, 0.2) is 0 Å². The molecule has 4 heteroatoms. The molecule has 1 heterocycles. The van der Waals surface area contributed by atoms with Crippen LogP contribution in [0, 0.1) is 0 Å². The molecule has 1 aromatic rings. The van der Waals surface area contributed by atoms with E-state index in [1.807, 2.05) is 43.4 Å². The number of allylic oxidation sites excluding steroid dienone is 1. The Morgan fingerprint density at radius 2 is 2.07 bits per heavy atom. The highest BCUT2D eigenvalue weighted by Crippen LogP contribution is 2.40. The Labute approximate surface area is 98.6 Å². The quantitative estimate of drug-likeness (QED) is 0.745. The lowest BCUT2D eigenvalue weighted by molar-refractivity contribution is 0.563. The molecule has 0 aliphatic carbocycles. The van der Waals surface area contributed by atoms with Gasteiger partial charge in [0.1, 0.15) is 5.17 Å². The van der Waals surface area contributed by atoms with Gasteiger partial charge in [-0.15, -0.1) is 0 Å². The lowest BCUT2D eigenvalue weighted by Gasteiger charge is -2.16. The largest absolute Gasteiger partial charge is 0.382 e. The Bertz CT molecular complexity index is 438. The summed E-state index contributed by atoms with van der Waals surface area (Å²) < 4.78 is 0. The Kier molecular flexibility index (Phi) is 3.03. The summed E-state index contributed by atoms with van der Waals surface area (Å²) in [4.78, 5) is 8.45. The van der Waals surface area contributed by atoms with E-state index in [9.17, 15) is 0 Å². The summed E-state index contributed by atoms with van der Waals surface area (Å²) in [6.07, 6.45) is 1.98. The number of aliphatic imine (C=N–C) groups is 1. The second kappa shape index (κ2) is 4.29. The fourth-order valence-electron chi connectivity index (χ4n) is 1.27. The molecule has 0 saturated heterocycles. The molecule has 15 heavy (non-hydrogen) atoms. The topological polar surface area (TPSA) is 15.6 Å². The Morgan fingerprint density at radius 1 is 1.33 bits per heavy atom. The molecule has 0 unspecified atom stereocenters. The normalized spacial score (nSPS) is 17.3. The molecule has 0 amide bonds. The summed E-state index contributed by atoms with van der Waals surface area (Å²) in [6, 6.07) is 8.00. The average molecular weight is 239 g/mol. The van der Waals surface area contributed by atoms with Crippen LogP contribution in [0.5, 0.6) is 0 Å². The van der Waals surface area contributed by atoms with Gasteiger partial charge in [0, 0.05) is 25.2 Å². The number of halogens is 1. The molecule has 2 rings (SSSR count). The number of fused-ring (bicyclic) bond motifs is 1. The third-order valence-corrected chi connectivity index (χ3v) is 3.37. The van der Waals surface area contributed by atoms with E-state index in [1.165, 1.54) is 0 Å². The van der Waals surface area contributed by atoms with Crippen LogP contribution in [0.25, 0.3) is 0 Å². The first-order chi connectivity index (χ1) is 7.16. The van der Waals surface area contributed by atoms with Gasteiger partial charge in [-0.1, -0.05) is 35.5 Å². The van der Waals surface area contributed by atoms with Crippen molar-refractivity contribution in [2.45, 2.75) is 4.90 Å². The molecule has 0 saturated carbocycles. The zero-order valence-corrected chi connectivity index (χ0v) is 10.1. The summed E-state index contributed by atoms with van der Waals surface area (Å²) in [6.45, 7) is 0. The standard InChI is InChI=1S/C11H11ClN2S/c1-14(2)7-10-11(12)13-8-5-3-4-6-9(8)15-10/h3-7H,1-2H3/b10-7+. The van der Waals surface area contributed by atoms with Crippen molar-refractivity contribution in [3.8, 4) is 0 Å². The molecule has 0 atom stereocenters. The van der Waals surface area contributed by atoms with E-state index in [-0.39, 0.29) is 0 Å². The van der Waals surface area contributed by atoms with E-state index in [2.05, 4.69) is 11.1 Å². The number of benzene rings is 1. The molecule has 0 radical (unpaired) electrons. The Hall–Kier alpha value is -0.930. The summed E-state index contributed by atoms with van der Waals surface area (Å²) in [5, 5.41) is 0.562. The van der Waals surface area contributed by atoms with Gasteiger partial charge >= 0.3 is 0 Å². The molecule has 0 N–H and O–H groups in total. The van der Waals surface area contributed by atoms with E-state index < -0.39 is 0 Å². The lowest BCUT2D eigenvalue weighted by atomic mass is 10.3. The summed E-state index contributed by atoms with van der Waals surface area (Å²) in [5.41, 5.74) is 0.948. The second-order valence-corrected chi connectivity index (χ2v) is 4.87. The minimum atomic E-state index is 0.562. The molecular formula is C11H11ClN2S. The molecular weight excluding hydrogens is 228 g/mol. The maximum atomic E-state index is 6.09. The first kappa shape index (κ1) is 10.6. The number of hydrogen-bond donors (Lipinski definition) is 0. The zero-order valence-electron chi connectivity index (χ0n) is 8.57. The third-order valence-electron chi connectivity index (χ3n) is 1.88. The smallest absolute Gasteiger partial charge is 0.145 e. The van der Waals surface area contributed by atoms with E-state index >= 15 is 0 Å². The molecule has 0 spiro atoms. The SMILES string of the molecule is CN(C)/C=C1/Sc2ccccc2N=C1Cl. The predicted octanol–water partition coefficient (Wildman–Crippen LogP) is 3.46. The van der Waals surface area contributed by atoms with Crippen LogP contribution in [-0.4, -0.2) is 24.2 Å². The fourth-order valence-corrected chi connectivity index (χ4v) is 2.52. The van der Waals surface area contributed by atoms with Crippen molar-refractivity contribution in [2.24, 2.45) is 4.99 Å². The molecule has 1 aliphatic rings. The van der Waals surface area contributed by atoms with Crippen molar-refractivity contribution in [2.75, 3.05) is 14.1 Å². The van der Waals surface area contributed by atoms with Gasteiger partial charge in [0.05, 0.1) is 10.6 Å². The van der Waals surface area contributed by atoms with Gasteiger partial charge in [-0.3, -0.25) is 0 Å². The minimum absolute atomic E-state index is 0.562. The molecule has 1 aromatic carbocycles. The Balaban J connectivity index is 2.40. The van der Waals surface area contributed by atoms with Gasteiger partial charge in [-0.25, -0.2) is 4.99 Å². The van der Waals surface area contributed by atoms with Crippen LogP contribution in [0.1, 0.15) is 0 Å². The van der Waals surface area contributed by atoms with Crippen LogP contribution >= 0.6 is 23.4 Å². The summed E-state index contributed by atoms with van der Waals surface area (Å²) >= 11 is 7.74. The van der Waals surface area contributed by atoms with E-state index in [0.29, 0.717) is 5.17 Å². The van der Waals surface area contributed by atoms with Crippen molar-refractivity contribution >= 4 is 34.2 Å².